The number of hydrogen-bond donors (Lipinski definition) is 4. The normalized spacial score (nSPS) is 15.6. The summed E-state index contributed by atoms with van der Waals surface area (Å²) in [5, 5.41) is 20.1. The fourth-order valence-electron chi connectivity index (χ4n) is 3.05. The molecule has 1 atom stereocenters. The minimum absolute atomic E-state index is 0.0159. The van der Waals surface area contributed by atoms with Crippen molar-refractivity contribution >= 4 is 11.9 Å². The van der Waals surface area contributed by atoms with Gasteiger partial charge in [0.25, 0.3) is 5.91 Å². The highest BCUT2D eigenvalue weighted by atomic mass is 16.5. The van der Waals surface area contributed by atoms with Crippen LogP contribution in [0.2, 0.25) is 0 Å². The molecule has 31 heavy (non-hydrogen) atoms. The maximum Gasteiger partial charge on any atom is 0.258 e. The van der Waals surface area contributed by atoms with Gasteiger partial charge in [-0.05, 0) is 49.9 Å². The highest BCUT2D eigenvalue weighted by molar-refractivity contribution is 5.80. The maximum absolute atomic E-state index is 11.8. The van der Waals surface area contributed by atoms with E-state index in [-0.39, 0.29) is 12.5 Å². The second-order valence-corrected chi connectivity index (χ2v) is 7.97. The number of aliphatic hydroxyl groups is 1. The van der Waals surface area contributed by atoms with Crippen molar-refractivity contribution in [1.82, 2.24) is 16.0 Å². The van der Waals surface area contributed by atoms with Crippen LogP contribution < -0.4 is 20.7 Å². The first-order valence-corrected chi connectivity index (χ1v) is 10.8. The molecule has 2 aromatic rings. The fourth-order valence-corrected chi connectivity index (χ4v) is 3.05. The Labute approximate surface area is 183 Å². The van der Waals surface area contributed by atoms with Crippen LogP contribution in [0.1, 0.15) is 37.8 Å². The zero-order valence-electron chi connectivity index (χ0n) is 18.2. The number of ether oxygens (including phenoxy) is 1. The van der Waals surface area contributed by atoms with E-state index in [1.54, 1.807) is 6.92 Å². The van der Waals surface area contributed by atoms with Crippen LogP contribution in [0.4, 0.5) is 0 Å². The minimum atomic E-state index is -1.02. The average molecular weight is 425 g/mol. The highest BCUT2D eigenvalue weighted by Gasteiger charge is 2.24. The Bertz CT molecular complexity index is 879. The van der Waals surface area contributed by atoms with Crippen molar-refractivity contribution in [2.75, 3.05) is 19.7 Å². The molecule has 4 N–H and O–H groups in total. The van der Waals surface area contributed by atoms with E-state index in [2.05, 4.69) is 20.9 Å². The number of rotatable bonds is 10. The van der Waals surface area contributed by atoms with E-state index >= 15 is 0 Å². The summed E-state index contributed by atoms with van der Waals surface area (Å²) >= 11 is 0. The number of nitrogens with zero attached hydrogens (tertiary/aromatic N) is 1. The molecule has 2 aromatic carbocycles. The Morgan fingerprint density at radius 2 is 1.94 bits per heavy atom. The molecule has 0 bridgehead atoms. The summed E-state index contributed by atoms with van der Waals surface area (Å²) in [7, 11) is 0. The van der Waals surface area contributed by atoms with Gasteiger partial charge >= 0.3 is 0 Å². The van der Waals surface area contributed by atoms with Crippen molar-refractivity contribution in [3.63, 3.8) is 0 Å². The lowest BCUT2D eigenvalue weighted by atomic mass is 9.96. The monoisotopic (exact) mass is 424 g/mol. The average Bonchev–Trinajstić information content (AvgIpc) is 3.59. The van der Waals surface area contributed by atoms with E-state index < -0.39 is 5.60 Å². The zero-order chi connectivity index (χ0) is 22.1. The standard InChI is InChI=1S/C24H32N4O3/c1-3-25-23(27-17-24(2,30)19-9-5-4-6-10-19)26-15-18-8-7-11-21(14-18)31-16-22(29)28-20-12-13-20/h4-11,14,20,30H,3,12-13,15-17H2,1-2H3,(H,28,29)(H2,25,26,27). The third-order valence-corrected chi connectivity index (χ3v) is 4.97. The van der Waals surface area contributed by atoms with Crippen LogP contribution in [-0.2, 0) is 16.9 Å². The van der Waals surface area contributed by atoms with Gasteiger partial charge in [0.05, 0.1) is 13.1 Å². The molecule has 1 aliphatic carbocycles. The number of aliphatic imine (C=N–C) groups is 1. The minimum Gasteiger partial charge on any atom is -0.484 e. The van der Waals surface area contributed by atoms with Crippen LogP contribution in [0, 0.1) is 0 Å². The molecule has 7 nitrogen and oxygen atoms in total. The summed E-state index contributed by atoms with van der Waals surface area (Å²) in [4.78, 5) is 16.4. The predicted molar refractivity (Wildman–Crippen MR) is 122 cm³/mol. The first kappa shape index (κ1) is 22.6. The molecule has 0 spiro atoms. The van der Waals surface area contributed by atoms with Crippen molar-refractivity contribution in [2.24, 2.45) is 4.99 Å². The van der Waals surface area contributed by atoms with Crippen LogP contribution in [0.25, 0.3) is 0 Å². The van der Waals surface area contributed by atoms with Crippen LogP contribution >= 0.6 is 0 Å². The molecule has 1 saturated carbocycles. The van der Waals surface area contributed by atoms with Crippen LogP contribution in [0.3, 0.4) is 0 Å². The van der Waals surface area contributed by atoms with E-state index in [0.29, 0.717) is 37.4 Å². The quantitative estimate of drug-likeness (QED) is 0.347. The molecule has 0 heterocycles. The summed E-state index contributed by atoms with van der Waals surface area (Å²) in [6.45, 7) is 5.25. The van der Waals surface area contributed by atoms with E-state index in [4.69, 9.17) is 4.74 Å². The van der Waals surface area contributed by atoms with Gasteiger partial charge in [-0.3, -0.25) is 4.79 Å². The molecule has 0 radical (unpaired) electrons. The Balaban J connectivity index is 1.55. The molecule has 0 saturated heterocycles. The molecule has 166 valence electrons. The topological polar surface area (TPSA) is 95.0 Å². The van der Waals surface area contributed by atoms with Crippen molar-refractivity contribution in [3.8, 4) is 5.75 Å². The Hall–Kier alpha value is -3.06. The SMILES string of the molecule is CCNC(=NCc1cccc(OCC(=O)NC2CC2)c1)NCC(C)(O)c1ccccc1. The smallest absolute Gasteiger partial charge is 0.258 e. The number of benzene rings is 2. The summed E-state index contributed by atoms with van der Waals surface area (Å²) in [5.74, 6) is 1.17. The molecule has 1 amide bonds. The van der Waals surface area contributed by atoms with E-state index in [9.17, 15) is 9.90 Å². The van der Waals surface area contributed by atoms with Gasteiger partial charge in [0.15, 0.2) is 12.6 Å². The van der Waals surface area contributed by atoms with Gasteiger partial charge in [0.1, 0.15) is 11.4 Å². The Kier molecular flexibility index (Phi) is 7.89. The Morgan fingerprint density at radius 3 is 2.65 bits per heavy atom. The molecule has 3 rings (SSSR count). The van der Waals surface area contributed by atoms with Crippen molar-refractivity contribution in [1.29, 1.82) is 0 Å². The van der Waals surface area contributed by atoms with Crippen LogP contribution in [-0.4, -0.2) is 42.7 Å². The maximum atomic E-state index is 11.8. The van der Waals surface area contributed by atoms with E-state index in [1.165, 1.54) is 0 Å². The molecule has 7 heteroatoms. The summed E-state index contributed by atoms with van der Waals surface area (Å²) in [5.41, 5.74) is 0.785. The van der Waals surface area contributed by atoms with Crippen molar-refractivity contribution in [2.45, 2.75) is 44.9 Å². The first-order chi connectivity index (χ1) is 15.0. The highest BCUT2D eigenvalue weighted by Crippen LogP contribution is 2.20. The van der Waals surface area contributed by atoms with Gasteiger partial charge in [0.2, 0.25) is 0 Å². The number of carbonyl (C=O) groups is 1. The lowest BCUT2D eigenvalue weighted by molar-refractivity contribution is -0.123. The number of guanidine groups is 1. The van der Waals surface area contributed by atoms with Gasteiger partial charge in [0, 0.05) is 12.6 Å². The largest absolute Gasteiger partial charge is 0.484 e. The second kappa shape index (κ2) is 10.8. The number of carbonyl (C=O) groups excluding carboxylic acids is 1. The number of nitrogens with one attached hydrogen (secondary N) is 3. The number of hydrogen-bond acceptors (Lipinski definition) is 4. The van der Waals surface area contributed by atoms with Gasteiger partial charge < -0.3 is 25.8 Å². The van der Waals surface area contributed by atoms with E-state index in [1.807, 2.05) is 61.5 Å². The summed E-state index contributed by atoms with van der Waals surface area (Å²) < 4.78 is 5.61. The van der Waals surface area contributed by atoms with Gasteiger partial charge in [-0.15, -0.1) is 0 Å². The zero-order valence-corrected chi connectivity index (χ0v) is 18.2. The third kappa shape index (κ3) is 7.61. The van der Waals surface area contributed by atoms with Crippen LogP contribution in [0.15, 0.2) is 59.6 Å². The third-order valence-electron chi connectivity index (χ3n) is 4.97. The van der Waals surface area contributed by atoms with Crippen molar-refractivity contribution in [3.05, 3.63) is 65.7 Å². The fraction of sp³-hybridized carbons (Fsp3) is 0.417. The molecular formula is C24H32N4O3. The van der Waals surface area contributed by atoms with Gasteiger partial charge in [-0.25, -0.2) is 4.99 Å². The molecule has 1 aliphatic rings. The van der Waals surface area contributed by atoms with Gasteiger partial charge in [-0.1, -0.05) is 42.5 Å². The molecule has 1 unspecified atom stereocenters. The van der Waals surface area contributed by atoms with Crippen molar-refractivity contribution < 1.29 is 14.6 Å². The molecular weight excluding hydrogens is 392 g/mol. The van der Waals surface area contributed by atoms with Gasteiger partial charge in [-0.2, -0.15) is 0 Å². The Morgan fingerprint density at radius 1 is 1.16 bits per heavy atom. The predicted octanol–water partition coefficient (Wildman–Crippen LogP) is 2.31. The summed E-state index contributed by atoms with van der Waals surface area (Å²) in [6, 6.07) is 17.5. The molecule has 1 fully saturated rings. The summed E-state index contributed by atoms with van der Waals surface area (Å²) in [6.07, 6.45) is 2.12. The van der Waals surface area contributed by atoms with Crippen LogP contribution in [0.5, 0.6) is 5.75 Å². The molecule has 0 aromatic heterocycles. The number of amides is 1. The lowest BCUT2D eigenvalue weighted by Crippen LogP contribution is -2.44. The lowest BCUT2D eigenvalue weighted by Gasteiger charge is -2.25. The van der Waals surface area contributed by atoms with E-state index in [0.717, 1.165) is 24.0 Å². The first-order valence-electron chi connectivity index (χ1n) is 10.8. The second-order valence-electron chi connectivity index (χ2n) is 7.97. The molecule has 0 aliphatic heterocycles.